The highest BCUT2D eigenvalue weighted by Gasteiger charge is 2.29. The van der Waals surface area contributed by atoms with E-state index >= 15 is 0 Å². The Morgan fingerprint density at radius 1 is 1.29 bits per heavy atom. The number of hydrogen-bond acceptors (Lipinski definition) is 2. The molecule has 0 radical (unpaired) electrons. The zero-order valence-electron chi connectivity index (χ0n) is 8.74. The van der Waals surface area contributed by atoms with Gasteiger partial charge in [-0.1, -0.05) is 0 Å². The van der Waals surface area contributed by atoms with E-state index in [0.29, 0.717) is 0 Å². The monoisotopic (exact) mass is 190 g/mol. The zero-order valence-corrected chi connectivity index (χ0v) is 8.74. The molecule has 14 heavy (non-hydrogen) atoms. The first-order valence-corrected chi connectivity index (χ1v) is 5.43. The number of hydrogen-bond donors (Lipinski definition) is 1. The van der Waals surface area contributed by atoms with Gasteiger partial charge in [0.15, 0.2) is 0 Å². The molecule has 1 fully saturated rings. The fourth-order valence-corrected chi connectivity index (χ4v) is 2.26. The third kappa shape index (κ3) is 2.13. The molecule has 1 aliphatic carbocycles. The summed E-state index contributed by atoms with van der Waals surface area (Å²) < 4.78 is 0. The highest BCUT2D eigenvalue weighted by Crippen LogP contribution is 2.36. The average molecular weight is 190 g/mol. The maximum atomic E-state index is 4.04. The largest absolute Gasteiger partial charge is 0.319 e. The van der Waals surface area contributed by atoms with Crippen LogP contribution < -0.4 is 5.32 Å². The first-order chi connectivity index (χ1) is 6.90. The molecule has 2 unspecified atom stereocenters. The average Bonchev–Trinajstić information content (AvgIpc) is 2.23. The standard InChI is InChI=1S/C12H18N2/c1-13-9-12-3-2-11(12)8-10-4-6-14-7-5-10/h4-7,11-13H,2-3,8-9H2,1H3. The van der Waals surface area contributed by atoms with E-state index in [1.807, 2.05) is 19.4 Å². The minimum atomic E-state index is 0.893. The van der Waals surface area contributed by atoms with Crippen molar-refractivity contribution >= 4 is 0 Å². The molecule has 0 saturated heterocycles. The van der Waals surface area contributed by atoms with Crippen LogP contribution in [-0.2, 0) is 6.42 Å². The number of rotatable bonds is 4. The lowest BCUT2D eigenvalue weighted by atomic mass is 9.71. The lowest BCUT2D eigenvalue weighted by molar-refractivity contribution is 0.174. The van der Waals surface area contributed by atoms with Crippen molar-refractivity contribution in [1.82, 2.24) is 10.3 Å². The van der Waals surface area contributed by atoms with Crippen LogP contribution in [0.3, 0.4) is 0 Å². The van der Waals surface area contributed by atoms with Gasteiger partial charge in [-0.3, -0.25) is 4.98 Å². The lowest BCUT2D eigenvalue weighted by Crippen LogP contribution is -2.35. The smallest absolute Gasteiger partial charge is 0.0270 e. The predicted molar refractivity (Wildman–Crippen MR) is 58.1 cm³/mol. The van der Waals surface area contributed by atoms with Crippen LogP contribution in [-0.4, -0.2) is 18.6 Å². The highest BCUT2D eigenvalue weighted by molar-refractivity contribution is 5.11. The van der Waals surface area contributed by atoms with Crippen molar-refractivity contribution in [2.45, 2.75) is 19.3 Å². The first kappa shape index (κ1) is 9.66. The summed E-state index contributed by atoms with van der Waals surface area (Å²) >= 11 is 0. The van der Waals surface area contributed by atoms with Crippen molar-refractivity contribution in [1.29, 1.82) is 0 Å². The third-order valence-corrected chi connectivity index (χ3v) is 3.29. The summed E-state index contributed by atoms with van der Waals surface area (Å²) in [5, 5.41) is 3.27. The van der Waals surface area contributed by atoms with Crippen LogP contribution in [0.1, 0.15) is 18.4 Å². The maximum absolute atomic E-state index is 4.04. The van der Waals surface area contributed by atoms with E-state index in [1.54, 1.807) is 0 Å². The Bertz CT molecular complexity index is 271. The van der Waals surface area contributed by atoms with Crippen molar-refractivity contribution in [2.24, 2.45) is 11.8 Å². The quantitative estimate of drug-likeness (QED) is 0.784. The Morgan fingerprint density at radius 2 is 2.00 bits per heavy atom. The van der Waals surface area contributed by atoms with E-state index in [0.717, 1.165) is 11.8 Å². The molecule has 76 valence electrons. The number of pyridine rings is 1. The summed E-state index contributed by atoms with van der Waals surface area (Å²) in [6, 6.07) is 4.27. The molecule has 1 aromatic rings. The van der Waals surface area contributed by atoms with Gasteiger partial charge in [-0.2, -0.15) is 0 Å². The van der Waals surface area contributed by atoms with Gasteiger partial charge in [-0.05, 0) is 62.4 Å². The molecule has 1 N–H and O–H groups in total. The van der Waals surface area contributed by atoms with Gasteiger partial charge in [-0.25, -0.2) is 0 Å². The second-order valence-corrected chi connectivity index (χ2v) is 4.21. The zero-order chi connectivity index (χ0) is 9.80. The Balaban J connectivity index is 1.86. The van der Waals surface area contributed by atoms with Crippen molar-refractivity contribution in [3.8, 4) is 0 Å². The Kier molecular flexibility index (Phi) is 3.14. The SMILES string of the molecule is CNCC1CCC1Cc1ccncc1. The molecule has 0 aromatic carbocycles. The fourth-order valence-electron chi connectivity index (χ4n) is 2.26. The van der Waals surface area contributed by atoms with Gasteiger partial charge in [0.05, 0.1) is 0 Å². The predicted octanol–water partition coefficient (Wildman–Crippen LogP) is 1.87. The molecule has 1 saturated carbocycles. The number of nitrogens with zero attached hydrogens (tertiary/aromatic N) is 1. The van der Waals surface area contributed by atoms with E-state index in [-0.39, 0.29) is 0 Å². The van der Waals surface area contributed by atoms with E-state index in [2.05, 4.69) is 22.4 Å². The van der Waals surface area contributed by atoms with Crippen LogP contribution in [0.15, 0.2) is 24.5 Å². The summed E-state index contributed by atoms with van der Waals surface area (Å²) in [4.78, 5) is 4.04. The van der Waals surface area contributed by atoms with Crippen LogP contribution in [0.2, 0.25) is 0 Å². The molecule has 0 spiro atoms. The second kappa shape index (κ2) is 4.56. The van der Waals surface area contributed by atoms with Gasteiger partial charge < -0.3 is 5.32 Å². The summed E-state index contributed by atoms with van der Waals surface area (Å²) in [5.74, 6) is 1.79. The number of nitrogens with one attached hydrogen (secondary N) is 1. The van der Waals surface area contributed by atoms with E-state index in [4.69, 9.17) is 0 Å². The molecular weight excluding hydrogens is 172 g/mol. The molecular formula is C12H18N2. The van der Waals surface area contributed by atoms with Crippen molar-refractivity contribution < 1.29 is 0 Å². The Labute approximate surface area is 85.7 Å². The van der Waals surface area contributed by atoms with Gasteiger partial charge in [0.25, 0.3) is 0 Å². The molecule has 1 aliphatic rings. The minimum absolute atomic E-state index is 0.893. The molecule has 2 heteroatoms. The fraction of sp³-hybridized carbons (Fsp3) is 0.583. The Morgan fingerprint density at radius 3 is 2.57 bits per heavy atom. The van der Waals surface area contributed by atoms with Crippen molar-refractivity contribution in [3.63, 3.8) is 0 Å². The molecule has 2 rings (SSSR count). The summed E-state index contributed by atoms with van der Waals surface area (Å²) in [5.41, 5.74) is 1.44. The topological polar surface area (TPSA) is 24.9 Å². The molecule has 0 aliphatic heterocycles. The van der Waals surface area contributed by atoms with Crippen LogP contribution in [0.25, 0.3) is 0 Å². The minimum Gasteiger partial charge on any atom is -0.319 e. The summed E-state index contributed by atoms with van der Waals surface area (Å²) in [6.45, 7) is 1.18. The van der Waals surface area contributed by atoms with Crippen LogP contribution in [0.5, 0.6) is 0 Å². The number of aromatic nitrogens is 1. The molecule has 2 nitrogen and oxygen atoms in total. The van der Waals surface area contributed by atoms with Gasteiger partial charge in [0.2, 0.25) is 0 Å². The second-order valence-electron chi connectivity index (χ2n) is 4.21. The lowest BCUT2D eigenvalue weighted by Gasteiger charge is -2.36. The first-order valence-electron chi connectivity index (χ1n) is 5.43. The van der Waals surface area contributed by atoms with Gasteiger partial charge in [0.1, 0.15) is 0 Å². The Hall–Kier alpha value is -0.890. The van der Waals surface area contributed by atoms with Crippen LogP contribution >= 0.6 is 0 Å². The van der Waals surface area contributed by atoms with E-state index < -0.39 is 0 Å². The van der Waals surface area contributed by atoms with Gasteiger partial charge >= 0.3 is 0 Å². The van der Waals surface area contributed by atoms with Gasteiger partial charge in [-0.15, -0.1) is 0 Å². The van der Waals surface area contributed by atoms with Gasteiger partial charge in [0, 0.05) is 12.4 Å². The molecule has 0 amide bonds. The summed E-state index contributed by atoms with van der Waals surface area (Å²) in [7, 11) is 2.04. The highest BCUT2D eigenvalue weighted by atomic mass is 14.8. The van der Waals surface area contributed by atoms with E-state index in [1.165, 1.54) is 31.4 Å². The molecule has 1 heterocycles. The molecule has 1 aromatic heterocycles. The van der Waals surface area contributed by atoms with Crippen molar-refractivity contribution in [2.75, 3.05) is 13.6 Å². The normalized spacial score (nSPS) is 25.8. The van der Waals surface area contributed by atoms with E-state index in [9.17, 15) is 0 Å². The molecule has 0 bridgehead atoms. The molecule has 2 atom stereocenters. The third-order valence-electron chi connectivity index (χ3n) is 3.29. The maximum Gasteiger partial charge on any atom is 0.0270 e. The van der Waals surface area contributed by atoms with Crippen LogP contribution in [0, 0.1) is 11.8 Å². The summed E-state index contributed by atoms with van der Waals surface area (Å²) in [6.07, 6.45) is 7.81. The van der Waals surface area contributed by atoms with Crippen molar-refractivity contribution in [3.05, 3.63) is 30.1 Å². The van der Waals surface area contributed by atoms with Crippen LogP contribution in [0.4, 0.5) is 0 Å².